The van der Waals surface area contributed by atoms with Crippen LogP contribution in [0.1, 0.15) is 33.0 Å². The summed E-state index contributed by atoms with van der Waals surface area (Å²) in [5.74, 6) is -0.105. The molecule has 0 bridgehead atoms. The van der Waals surface area contributed by atoms with E-state index in [1.807, 2.05) is 17.5 Å². The predicted molar refractivity (Wildman–Crippen MR) is 108 cm³/mol. The zero-order valence-corrected chi connectivity index (χ0v) is 16.4. The van der Waals surface area contributed by atoms with Gasteiger partial charge in [-0.1, -0.05) is 18.2 Å². The lowest BCUT2D eigenvalue weighted by Gasteiger charge is -2.14. The van der Waals surface area contributed by atoms with Crippen LogP contribution in [0.4, 0.5) is 0 Å². The van der Waals surface area contributed by atoms with Gasteiger partial charge in [-0.3, -0.25) is 4.79 Å². The van der Waals surface area contributed by atoms with Gasteiger partial charge in [0.25, 0.3) is 0 Å². The van der Waals surface area contributed by atoms with Crippen molar-refractivity contribution in [2.75, 3.05) is 0 Å². The molecule has 0 saturated carbocycles. The molecule has 3 rings (SSSR count). The highest BCUT2D eigenvalue weighted by Gasteiger charge is 2.12. The van der Waals surface area contributed by atoms with Crippen molar-refractivity contribution in [3.63, 3.8) is 0 Å². The third kappa shape index (κ3) is 3.78. The quantitative estimate of drug-likeness (QED) is 0.526. The Labute approximate surface area is 158 Å². The summed E-state index contributed by atoms with van der Waals surface area (Å²) in [6.07, 6.45) is 2.08. The smallest absolute Gasteiger partial charge is 0.245 e. The number of carbonyl (C=O) groups is 1. The summed E-state index contributed by atoms with van der Waals surface area (Å²) in [7, 11) is 0. The molecular weight excluding hydrogens is 342 g/mol. The normalized spacial score (nSPS) is 11.2. The van der Waals surface area contributed by atoms with Crippen LogP contribution in [0, 0.1) is 27.7 Å². The minimum absolute atomic E-state index is 0.105. The minimum atomic E-state index is -0.105. The van der Waals surface area contributed by atoms with E-state index in [1.54, 1.807) is 17.6 Å². The SMILES string of the molecule is Cc1cccc(-n2c(C)cc(/C=N\NC(=O)Cc3cccs3)c2C)c1C. The second-order valence-electron chi connectivity index (χ2n) is 6.43. The Kier molecular flexibility index (Phi) is 5.38. The number of amides is 1. The van der Waals surface area contributed by atoms with Crippen LogP contribution in [0.3, 0.4) is 0 Å². The number of carbonyl (C=O) groups excluding carboxylic acids is 1. The predicted octanol–water partition coefficient (Wildman–Crippen LogP) is 4.47. The van der Waals surface area contributed by atoms with Gasteiger partial charge in [-0.25, -0.2) is 5.43 Å². The number of aromatic nitrogens is 1. The highest BCUT2D eigenvalue weighted by Crippen LogP contribution is 2.24. The molecule has 0 aliphatic carbocycles. The van der Waals surface area contributed by atoms with E-state index in [1.165, 1.54) is 16.8 Å². The number of benzene rings is 1. The lowest BCUT2D eigenvalue weighted by Crippen LogP contribution is -2.19. The third-order valence-corrected chi connectivity index (χ3v) is 5.47. The zero-order valence-electron chi connectivity index (χ0n) is 15.5. The van der Waals surface area contributed by atoms with Gasteiger partial charge in [-0.05, 0) is 62.4 Å². The van der Waals surface area contributed by atoms with Crippen molar-refractivity contribution in [3.8, 4) is 5.69 Å². The molecule has 134 valence electrons. The molecule has 4 nitrogen and oxygen atoms in total. The van der Waals surface area contributed by atoms with Gasteiger partial charge in [0, 0.05) is 27.5 Å². The van der Waals surface area contributed by atoms with Crippen LogP contribution >= 0.6 is 11.3 Å². The second-order valence-corrected chi connectivity index (χ2v) is 7.46. The van der Waals surface area contributed by atoms with Crippen molar-refractivity contribution in [1.29, 1.82) is 0 Å². The maximum absolute atomic E-state index is 11.9. The van der Waals surface area contributed by atoms with Crippen LogP contribution in [0.15, 0.2) is 46.9 Å². The second kappa shape index (κ2) is 7.70. The van der Waals surface area contributed by atoms with Crippen molar-refractivity contribution in [2.24, 2.45) is 5.10 Å². The Bertz CT molecular complexity index is 952. The number of nitrogens with one attached hydrogen (secondary N) is 1. The third-order valence-electron chi connectivity index (χ3n) is 4.59. The molecule has 1 aromatic carbocycles. The van der Waals surface area contributed by atoms with Crippen LogP contribution in [-0.2, 0) is 11.2 Å². The molecule has 0 aliphatic heterocycles. The Balaban J connectivity index is 1.77. The summed E-state index contributed by atoms with van der Waals surface area (Å²) in [5.41, 5.74) is 9.58. The molecule has 5 heteroatoms. The first-order chi connectivity index (χ1) is 12.5. The molecule has 3 aromatic rings. The molecule has 0 saturated heterocycles. The first-order valence-electron chi connectivity index (χ1n) is 8.57. The lowest BCUT2D eigenvalue weighted by atomic mass is 10.1. The number of thiophene rings is 1. The van der Waals surface area contributed by atoms with E-state index in [0.717, 1.165) is 21.8 Å². The Hall–Kier alpha value is -2.66. The van der Waals surface area contributed by atoms with Crippen molar-refractivity contribution >= 4 is 23.5 Å². The van der Waals surface area contributed by atoms with E-state index in [0.29, 0.717) is 6.42 Å². The van der Waals surface area contributed by atoms with E-state index in [9.17, 15) is 4.79 Å². The molecule has 2 aromatic heterocycles. The monoisotopic (exact) mass is 365 g/mol. The van der Waals surface area contributed by atoms with E-state index in [4.69, 9.17) is 0 Å². The molecule has 1 amide bonds. The Morgan fingerprint density at radius 2 is 2.00 bits per heavy atom. The van der Waals surface area contributed by atoms with E-state index >= 15 is 0 Å². The number of aryl methyl sites for hydroxylation is 2. The van der Waals surface area contributed by atoms with Gasteiger partial charge in [0.05, 0.1) is 12.6 Å². The topological polar surface area (TPSA) is 46.4 Å². The summed E-state index contributed by atoms with van der Waals surface area (Å²) in [6.45, 7) is 8.42. The fraction of sp³-hybridized carbons (Fsp3) is 0.238. The minimum Gasteiger partial charge on any atom is -0.318 e. The molecule has 0 fully saturated rings. The number of nitrogens with zero attached hydrogens (tertiary/aromatic N) is 2. The number of rotatable bonds is 5. The van der Waals surface area contributed by atoms with E-state index in [2.05, 4.69) is 67.1 Å². The van der Waals surface area contributed by atoms with Gasteiger partial charge in [-0.2, -0.15) is 5.10 Å². The fourth-order valence-electron chi connectivity index (χ4n) is 3.05. The molecule has 0 unspecified atom stereocenters. The van der Waals surface area contributed by atoms with Gasteiger partial charge < -0.3 is 4.57 Å². The summed E-state index contributed by atoms with van der Waals surface area (Å²) in [4.78, 5) is 13.0. The van der Waals surface area contributed by atoms with E-state index in [-0.39, 0.29) is 5.91 Å². The first-order valence-corrected chi connectivity index (χ1v) is 9.45. The summed E-state index contributed by atoms with van der Waals surface area (Å²) < 4.78 is 2.23. The maximum Gasteiger partial charge on any atom is 0.245 e. The average molecular weight is 366 g/mol. The Morgan fingerprint density at radius 1 is 1.19 bits per heavy atom. The molecule has 1 N–H and O–H groups in total. The standard InChI is InChI=1S/C21H23N3OS/c1-14-7-5-9-20(16(14)3)24-15(2)11-18(17(24)4)13-22-23-21(25)12-19-8-6-10-26-19/h5-11,13H,12H2,1-4H3,(H,23,25)/b22-13-. The van der Waals surface area contributed by atoms with Gasteiger partial charge in [0.2, 0.25) is 5.91 Å². The molecule has 0 aliphatic rings. The van der Waals surface area contributed by atoms with E-state index < -0.39 is 0 Å². The fourth-order valence-corrected chi connectivity index (χ4v) is 3.76. The largest absolute Gasteiger partial charge is 0.318 e. The highest BCUT2D eigenvalue weighted by molar-refractivity contribution is 7.10. The summed E-state index contributed by atoms with van der Waals surface area (Å²) >= 11 is 1.57. The molecule has 0 atom stereocenters. The number of hydrazone groups is 1. The van der Waals surface area contributed by atoms with Gasteiger partial charge >= 0.3 is 0 Å². The van der Waals surface area contributed by atoms with Crippen molar-refractivity contribution in [1.82, 2.24) is 9.99 Å². The van der Waals surface area contributed by atoms with Gasteiger partial charge in [0.15, 0.2) is 0 Å². The van der Waals surface area contributed by atoms with Crippen molar-refractivity contribution < 1.29 is 4.79 Å². The summed E-state index contributed by atoms with van der Waals surface area (Å²) in [6, 6.07) is 12.3. The molecule has 0 spiro atoms. The van der Waals surface area contributed by atoms with Gasteiger partial charge in [0.1, 0.15) is 0 Å². The highest BCUT2D eigenvalue weighted by atomic mass is 32.1. The molecular formula is C21H23N3OS. The number of hydrogen-bond acceptors (Lipinski definition) is 3. The van der Waals surface area contributed by atoms with Crippen LogP contribution < -0.4 is 5.43 Å². The number of hydrogen-bond donors (Lipinski definition) is 1. The molecule has 2 heterocycles. The summed E-state index contributed by atoms with van der Waals surface area (Å²) in [5, 5.41) is 6.10. The van der Waals surface area contributed by atoms with Crippen LogP contribution in [-0.4, -0.2) is 16.7 Å². The van der Waals surface area contributed by atoms with Crippen molar-refractivity contribution in [2.45, 2.75) is 34.1 Å². The van der Waals surface area contributed by atoms with Crippen LogP contribution in [0.2, 0.25) is 0 Å². The van der Waals surface area contributed by atoms with Gasteiger partial charge in [-0.15, -0.1) is 11.3 Å². The van der Waals surface area contributed by atoms with Crippen LogP contribution in [0.5, 0.6) is 0 Å². The average Bonchev–Trinajstić information content (AvgIpc) is 3.19. The lowest BCUT2D eigenvalue weighted by molar-refractivity contribution is -0.120. The first kappa shape index (κ1) is 18.1. The maximum atomic E-state index is 11.9. The van der Waals surface area contributed by atoms with Crippen LogP contribution in [0.25, 0.3) is 5.69 Å². The molecule has 0 radical (unpaired) electrons. The molecule has 26 heavy (non-hydrogen) atoms. The van der Waals surface area contributed by atoms with Crippen molar-refractivity contribution in [3.05, 3.63) is 74.7 Å². The zero-order chi connectivity index (χ0) is 18.7. The Morgan fingerprint density at radius 3 is 2.73 bits per heavy atom.